The molecule has 0 aliphatic heterocycles. The summed E-state index contributed by atoms with van der Waals surface area (Å²) in [7, 11) is 0. The fourth-order valence-corrected chi connectivity index (χ4v) is 9.50. The zero-order chi connectivity index (χ0) is 20.1. The molecule has 28 heavy (non-hydrogen) atoms. The standard InChI is InChI=1S/C28H50/c1-19(2)8-7-9-21(4)24-12-13-25-23-11-10-22-18-20(3)14-16-27(22,5)26(23)15-17-28(24,25)6/h19-26H,7-18H2,1-6H3/t20?,21-,22+,23?,24?,25+,26+,27?,28?/m1/s1. The van der Waals surface area contributed by atoms with Crippen LogP contribution in [0.5, 0.6) is 0 Å². The normalized spacial score (nSPS) is 49.4. The van der Waals surface area contributed by atoms with Crippen LogP contribution >= 0.6 is 0 Å². The molecule has 0 aromatic heterocycles. The summed E-state index contributed by atoms with van der Waals surface area (Å²) < 4.78 is 0. The third-order valence-corrected chi connectivity index (χ3v) is 11.1. The Labute approximate surface area is 177 Å². The summed E-state index contributed by atoms with van der Waals surface area (Å²) in [5, 5.41) is 0. The molecule has 4 fully saturated rings. The van der Waals surface area contributed by atoms with Gasteiger partial charge in [-0.3, -0.25) is 0 Å². The van der Waals surface area contributed by atoms with Crippen LogP contribution in [0.25, 0.3) is 0 Å². The summed E-state index contributed by atoms with van der Waals surface area (Å²) in [6, 6.07) is 0. The van der Waals surface area contributed by atoms with Crippen molar-refractivity contribution < 1.29 is 0 Å². The van der Waals surface area contributed by atoms with Gasteiger partial charge in [0.1, 0.15) is 0 Å². The molecular weight excluding hydrogens is 336 g/mol. The lowest BCUT2D eigenvalue weighted by Crippen LogP contribution is -2.53. The topological polar surface area (TPSA) is 0 Å². The Morgan fingerprint density at radius 1 is 0.786 bits per heavy atom. The van der Waals surface area contributed by atoms with E-state index >= 15 is 0 Å². The maximum Gasteiger partial charge on any atom is -0.0264 e. The van der Waals surface area contributed by atoms with Gasteiger partial charge >= 0.3 is 0 Å². The van der Waals surface area contributed by atoms with E-state index in [-0.39, 0.29) is 0 Å². The van der Waals surface area contributed by atoms with Crippen LogP contribution in [-0.4, -0.2) is 0 Å². The van der Waals surface area contributed by atoms with Crippen LogP contribution in [0.15, 0.2) is 0 Å². The van der Waals surface area contributed by atoms with Gasteiger partial charge in [0.15, 0.2) is 0 Å². The second-order valence-corrected chi connectivity index (χ2v) is 13.1. The molecule has 9 atom stereocenters. The van der Waals surface area contributed by atoms with Crippen molar-refractivity contribution in [1.29, 1.82) is 0 Å². The van der Waals surface area contributed by atoms with Crippen molar-refractivity contribution in [3.63, 3.8) is 0 Å². The van der Waals surface area contributed by atoms with Crippen LogP contribution < -0.4 is 0 Å². The van der Waals surface area contributed by atoms with E-state index in [0.717, 1.165) is 47.3 Å². The number of rotatable bonds is 5. The highest BCUT2D eigenvalue weighted by atomic mass is 14.6. The van der Waals surface area contributed by atoms with Gasteiger partial charge < -0.3 is 0 Å². The summed E-state index contributed by atoms with van der Waals surface area (Å²) in [5.74, 6) is 8.08. The van der Waals surface area contributed by atoms with Gasteiger partial charge in [-0.1, -0.05) is 67.2 Å². The molecule has 0 heteroatoms. The third-order valence-electron chi connectivity index (χ3n) is 11.1. The van der Waals surface area contributed by atoms with E-state index in [1.165, 1.54) is 32.1 Å². The zero-order valence-corrected chi connectivity index (χ0v) is 20.1. The molecule has 0 N–H and O–H groups in total. The molecule has 4 rings (SSSR count). The predicted octanol–water partition coefficient (Wildman–Crippen LogP) is 8.74. The van der Waals surface area contributed by atoms with Crippen LogP contribution in [0.4, 0.5) is 0 Å². The smallest absolute Gasteiger partial charge is 0.0264 e. The molecule has 0 bridgehead atoms. The van der Waals surface area contributed by atoms with Crippen LogP contribution in [0, 0.1) is 58.2 Å². The van der Waals surface area contributed by atoms with Crippen LogP contribution in [-0.2, 0) is 0 Å². The lowest BCUT2D eigenvalue weighted by Gasteiger charge is -2.61. The van der Waals surface area contributed by atoms with Crippen LogP contribution in [0.2, 0.25) is 0 Å². The Morgan fingerprint density at radius 2 is 1.50 bits per heavy atom. The van der Waals surface area contributed by atoms with Gasteiger partial charge in [-0.2, -0.15) is 0 Å². The Bertz CT molecular complexity index is 534. The van der Waals surface area contributed by atoms with E-state index in [0.29, 0.717) is 10.8 Å². The summed E-state index contributed by atoms with van der Waals surface area (Å²) in [6.07, 6.45) is 18.3. The minimum atomic E-state index is 0.670. The minimum Gasteiger partial charge on any atom is -0.0628 e. The molecule has 0 aromatic carbocycles. The van der Waals surface area contributed by atoms with Gasteiger partial charge in [-0.15, -0.1) is 0 Å². The second kappa shape index (κ2) is 7.92. The summed E-state index contributed by atoms with van der Waals surface area (Å²) >= 11 is 0. The largest absolute Gasteiger partial charge is 0.0628 e. The molecule has 0 saturated heterocycles. The molecule has 0 nitrogen and oxygen atoms in total. The quantitative estimate of drug-likeness (QED) is 0.443. The maximum atomic E-state index is 2.75. The number of hydrogen-bond acceptors (Lipinski definition) is 0. The molecule has 4 saturated carbocycles. The van der Waals surface area contributed by atoms with Gasteiger partial charge in [-0.25, -0.2) is 0 Å². The molecule has 0 spiro atoms. The van der Waals surface area contributed by atoms with Crippen molar-refractivity contribution in [3.8, 4) is 0 Å². The summed E-state index contributed by atoms with van der Waals surface area (Å²) in [4.78, 5) is 0. The first-order valence-corrected chi connectivity index (χ1v) is 13.3. The number of fused-ring (bicyclic) bond motifs is 5. The van der Waals surface area contributed by atoms with E-state index in [9.17, 15) is 0 Å². The average molecular weight is 387 g/mol. The van der Waals surface area contributed by atoms with Gasteiger partial charge in [-0.05, 0) is 110 Å². The first-order chi connectivity index (χ1) is 13.3. The monoisotopic (exact) mass is 386 g/mol. The molecule has 4 aliphatic carbocycles. The van der Waals surface area contributed by atoms with Crippen molar-refractivity contribution in [1.82, 2.24) is 0 Å². The van der Waals surface area contributed by atoms with E-state index in [2.05, 4.69) is 41.5 Å². The van der Waals surface area contributed by atoms with Crippen molar-refractivity contribution in [2.45, 2.75) is 119 Å². The van der Waals surface area contributed by atoms with Crippen molar-refractivity contribution in [3.05, 3.63) is 0 Å². The SMILES string of the molecule is CC(C)CCC[C@@H](C)C1CC[C@H]2C3CC[C@H]4CC(C)CCC4(C)[C@H]3CCC12C. The van der Waals surface area contributed by atoms with E-state index < -0.39 is 0 Å². The molecule has 0 amide bonds. The average Bonchev–Trinajstić information content (AvgIpc) is 2.99. The van der Waals surface area contributed by atoms with E-state index in [4.69, 9.17) is 0 Å². The summed E-state index contributed by atoms with van der Waals surface area (Å²) in [6.45, 7) is 15.4. The highest BCUT2D eigenvalue weighted by Gasteiger charge is 2.60. The molecule has 5 unspecified atom stereocenters. The van der Waals surface area contributed by atoms with Gasteiger partial charge in [0, 0.05) is 0 Å². The first kappa shape index (κ1) is 21.2. The molecule has 0 radical (unpaired) electrons. The molecule has 0 heterocycles. The lowest BCUT2D eigenvalue weighted by atomic mass is 9.44. The fourth-order valence-electron chi connectivity index (χ4n) is 9.50. The molecular formula is C28H50. The van der Waals surface area contributed by atoms with Crippen molar-refractivity contribution >= 4 is 0 Å². The highest BCUT2D eigenvalue weighted by molar-refractivity contribution is 5.09. The number of hydrogen-bond donors (Lipinski definition) is 0. The van der Waals surface area contributed by atoms with Crippen molar-refractivity contribution in [2.24, 2.45) is 58.2 Å². The van der Waals surface area contributed by atoms with Crippen LogP contribution in [0.3, 0.4) is 0 Å². The van der Waals surface area contributed by atoms with E-state index in [1.807, 2.05) is 0 Å². The van der Waals surface area contributed by atoms with Crippen molar-refractivity contribution in [2.75, 3.05) is 0 Å². The molecule has 0 aromatic rings. The van der Waals surface area contributed by atoms with Gasteiger partial charge in [0.05, 0.1) is 0 Å². The van der Waals surface area contributed by atoms with Gasteiger partial charge in [0.2, 0.25) is 0 Å². The Hall–Kier alpha value is 0. The minimum absolute atomic E-state index is 0.670. The fraction of sp³-hybridized carbons (Fsp3) is 1.00. The molecule has 162 valence electrons. The summed E-state index contributed by atoms with van der Waals surface area (Å²) in [5.41, 5.74) is 1.36. The predicted molar refractivity (Wildman–Crippen MR) is 122 cm³/mol. The Balaban J connectivity index is 1.46. The maximum absolute atomic E-state index is 2.75. The van der Waals surface area contributed by atoms with Gasteiger partial charge in [0.25, 0.3) is 0 Å². The zero-order valence-electron chi connectivity index (χ0n) is 20.1. The lowest BCUT2D eigenvalue weighted by molar-refractivity contribution is -0.120. The second-order valence-electron chi connectivity index (χ2n) is 13.1. The first-order valence-electron chi connectivity index (χ1n) is 13.3. The van der Waals surface area contributed by atoms with Crippen LogP contribution in [0.1, 0.15) is 119 Å². The third kappa shape index (κ3) is 3.51. The Kier molecular flexibility index (Phi) is 6.01. The van der Waals surface area contributed by atoms with E-state index in [1.54, 1.807) is 44.9 Å². The Morgan fingerprint density at radius 3 is 2.25 bits per heavy atom. The highest BCUT2D eigenvalue weighted by Crippen LogP contribution is 2.68. The molecule has 4 aliphatic rings.